The highest BCUT2D eigenvalue weighted by Crippen LogP contribution is 2.17. The van der Waals surface area contributed by atoms with Crippen LogP contribution in [0.4, 0.5) is 0 Å². The molecule has 0 radical (unpaired) electrons. The van der Waals surface area contributed by atoms with Gasteiger partial charge in [0.25, 0.3) is 0 Å². The second kappa shape index (κ2) is 7.82. The molecule has 0 spiro atoms. The molecule has 144 valence electrons. The molecule has 2 heterocycles. The van der Waals surface area contributed by atoms with Gasteiger partial charge >= 0.3 is 5.69 Å². The Labute approximate surface area is 163 Å². The Morgan fingerprint density at radius 1 is 1.11 bits per heavy atom. The summed E-state index contributed by atoms with van der Waals surface area (Å²) in [5, 5.41) is 7.78. The Bertz CT molecular complexity index is 1010. The molecule has 3 aromatic rings. The number of carbonyl (C=O) groups is 1. The first-order valence-corrected chi connectivity index (χ1v) is 9.41. The largest absolute Gasteiger partial charge is 0.351 e. The smallest absolute Gasteiger partial charge is 0.338 e. The fraction of sp³-hybridized carbons (Fsp3) is 0.286. The van der Waals surface area contributed by atoms with Crippen molar-refractivity contribution in [2.75, 3.05) is 19.6 Å². The van der Waals surface area contributed by atoms with Crippen LogP contribution in [0, 0.1) is 6.92 Å². The molecule has 2 aromatic carbocycles. The standard InChI is InChI=1S/C21H23N5O2/c1-16-23-26(18-10-6-3-7-11-18)21(28)25(16)15-20(27)24-13-12-22-19(14-24)17-8-4-2-5-9-17/h2-11,19,22H,12-15H2,1H3/t19-/m0/s1. The van der Waals surface area contributed by atoms with E-state index in [1.165, 1.54) is 9.25 Å². The van der Waals surface area contributed by atoms with E-state index in [-0.39, 0.29) is 24.2 Å². The van der Waals surface area contributed by atoms with Crippen molar-refractivity contribution in [1.29, 1.82) is 0 Å². The number of para-hydroxylation sites is 1. The predicted molar refractivity (Wildman–Crippen MR) is 106 cm³/mol. The molecule has 1 N–H and O–H groups in total. The third kappa shape index (κ3) is 3.61. The number of benzene rings is 2. The number of aromatic nitrogens is 3. The summed E-state index contributed by atoms with van der Waals surface area (Å²) in [7, 11) is 0. The minimum absolute atomic E-state index is 0.000982. The quantitative estimate of drug-likeness (QED) is 0.748. The average Bonchev–Trinajstić information content (AvgIpc) is 3.03. The van der Waals surface area contributed by atoms with Crippen molar-refractivity contribution in [1.82, 2.24) is 24.6 Å². The van der Waals surface area contributed by atoms with Crippen molar-refractivity contribution < 1.29 is 4.79 Å². The molecule has 1 fully saturated rings. The van der Waals surface area contributed by atoms with Crippen LogP contribution in [0.5, 0.6) is 0 Å². The fourth-order valence-electron chi connectivity index (χ4n) is 3.53. The number of hydrogen-bond acceptors (Lipinski definition) is 4. The fourth-order valence-corrected chi connectivity index (χ4v) is 3.53. The summed E-state index contributed by atoms with van der Waals surface area (Å²) in [6, 6.07) is 19.4. The zero-order chi connectivity index (χ0) is 19.5. The van der Waals surface area contributed by atoms with E-state index in [2.05, 4.69) is 22.5 Å². The monoisotopic (exact) mass is 377 g/mol. The number of carbonyl (C=O) groups excluding carboxylic acids is 1. The molecule has 1 aliphatic rings. The van der Waals surface area contributed by atoms with Gasteiger partial charge in [-0.05, 0) is 24.6 Å². The third-order valence-electron chi connectivity index (χ3n) is 5.07. The first-order valence-electron chi connectivity index (χ1n) is 9.41. The van der Waals surface area contributed by atoms with Gasteiger partial charge in [-0.15, -0.1) is 0 Å². The van der Waals surface area contributed by atoms with Crippen LogP contribution in [0.2, 0.25) is 0 Å². The van der Waals surface area contributed by atoms with Gasteiger partial charge in [0.2, 0.25) is 5.91 Å². The van der Waals surface area contributed by atoms with Gasteiger partial charge in [-0.25, -0.2) is 4.79 Å². The lowest BCUT2D eigenvalue weighted by Gasteiger charge is -2.34. The van der Waals surface area contributed by atoms with Gasteiger partial charge in [0.15, 0.2) is 0 Å². The van der Waals surface area contributed by atoms with E-state index >= 15 is 0 Å². The summed E-state index contributed by atoms with van der Waals surface area (Å²) in [4.78, 5) is 27.5. The highest BCUT2D eigenvalue weighted by Gasteiger charge is 2.25. The highest BCUT2D eigenvalue weighted by atomic mass is 16.2. The molecule has 28 heavy (non-hydrogen) atoms. The number of nitrogens with one attached hydrogen (secondary N) is 1. The molecule has 0 saturated carbocycles. The number of rotatable bonds is 4. The zero-order valence-corrected chi connectivity index (χ0v) is 15.8. The maximum Gasteiger partial charge on any atom is 0.351 e. The number of hydrogen-bond donors (Lipinski definition) is 1. The van der Waals surface area contributed by atoms with Gasteiger partial charge in [0.05, 0.1) is 5.69 Å². The Hall–Kier alpha value is -3.19. The molecular weight excluding hydrogens is 354 g/mol. The number of amides is 1. The van der Waals surface area contributed by atoms with Crippen molar-refractivity contribution in [2.24, 2.45) is 0 Å². The van der Waals surface area contributed by atoms with Gasteiger partial charge in [0.1, 0.15) is 12.4 Å². The average molecular weight is 377 g/mol. The van der Waals surface area contributed by atoms with Gasteiger partial charge < -0.3 is 10.2 Å². The minimum atomic E-state index is -0.299. The molecule has 1 saturated heterocycles. The number of piperazine rings is 1. The molecule has 0 aliphatic carbocycles. The molecule has 1 aromatic heterocycles. The van der Waals surface area contributed by atoms with Crippen molar-refractivity contribution in [2.45, 2.75) is 19.5 Å². The normalized spacial score (nSPS) is 16.9. The van der Waals surface area contributed by atoms with Crippen LogP contribution < -0.4 is 11.0 Å². The molecule has 7 heteroatoms. The molecule has 4 rings (SSSR count). The van der Waals surface area contributed by atoms with Crippen LogP contribution in [0.25, 0.3) is 5.69 Å². The van der Waals surface area contributed by atoms with Crippen LogP contribution in [0.1, 0.15) is 17.4 Å². The molecule has 0 bridgehead atoms. The first-order chi connectivity index (χ1) is 13.6. The van der Waals surface area contributed by atoms with E-state index in [0.717, 1.165) is 12.1 Å². The molecule has 0 unspecified atom stereocenters. The van der Waals surface area contributed by atoms with Crippen molar-refractivity contribution in [3.63, 3.8) is 0 Å². The zero-order valence-electron chi connectivity index (χ0n) is 15.8. The Balaban J connectivity index is 1.51. The Morgan fingerprint density at radius 3 is 2.50 bits per heavy atom. The second-order valence-corrected chi connectivity index (χ2v) is 6.92. The number of nitrogens with zero attached hydrogens (tertiary/aromatic N) is 4. The van der Waals surface area contributed by atoms with Gasteiger partial charge in [-0.1, -0.05) is 48.5 Å². The highest BCUT2D eigenvalue weighted by molar-refractivity contribution is 5.76. The maximum atomic E-state index is 12.9. The lowest BCUT2D eigenvalue weighted by molar-refractivity contribution is -0.133. The summed E-state index contributed by atoms with van der Waals surface area (Å²) in [5.74, 6) is 0.456. The van der Waals surface area contributed by atoms with Crippen LogP contribution in [-0.2, 0) is 11.3 Å². The summed E-state index contributed by atoms with van der Waals surface area (Å²) in [5.41, 5.74) is 1.55. The molecule has 1 atom stereocenters. The molecule has 1 aliphatic heterocycles. The molecule has 7 nitrogen and oxygen atoms in total. The second-order valence-electron chi connectivity index (χ2n) is 6.92. The lowest BCUT2D eigenvalue weighted by atomic mass is 10.0. The first kappa shape index (κ1) is 18.2. The predicted octanol–water partition coefficient (Wildman–Crippen LogP) is 1.52. The lowest BCUT2D eigenvalue weighted by Crippen LogP contribution is -2.49. The maximum absolute atomic E-state index is 12.9. The summed E-state index contributed by atoms with van der Waals surface area (Å²) < 4.78 is 2.78. The number of aryl methyl sites for hydroxylation is 1. The summed E-state index contributed by atoms with van der Waals surface area (Å²) >= 11 is 0. The van der Waals surface area contributed by atoms with Gasteiger partial charge in [-0.2, -0.15) is 9.78 Å². The van der Waals surface area contributed by atoms with E-state index < -0.39 is 0 Å². The van der Waals surface area contributed by atoms with Crippen molar-refractivity contribution in [3.05, 3.63) is 82.5 Å². The third-order valence-corrected chi connectivity index (χ3v) is 5.07. The van der Waals surface area contributed by atoms with Crippen molar-refractivity contribution >= 4 is 5.91 Å². The van der Waals surface area contributed by atoms with E-state index in [9.17, 15) is 9.59 Å². The summed E-state index contributed by atoms with van der Waals surface area (Å²) in [6.07, 6.45) is 0. The SMILES string of the molecule is Cc1nn(-c2ccccc2)c(=O)n1CC(=O)N1CCN[C@H](c2ccccc2)C1. The van der Waals surface area contributed by atoms with Crippen LogP contribution in [-0.4, -0.2) is 44.8 Å². The van der Waals surface area contributed by atoms with Crippen LogP contribution in [0.3, 0.4) is 0 Å². The molecule has 1 amide bonds. The molecular formula is C21H23N5O2. The van der Waals surface area contributed by atoms with Gasteiger partial charge in [-0.3, -0.25) is 9.36 Å². The van der Waals surface area contributed by atoms with E-state index in [1.807, 2.05) is 53.4 Å². The van der Waals surface area contributed by atoms with Gasteiger partial charge in [0, 0.05) is 25.7 Å². The summed E-state index contributed by atoms with van der Waals surface area (Å²) in [6.45, 7) is 3.69. The minimum Gasteiger partial charge on any atom is -0.338 e. The van der Waals surface area contributed by atoms with E-state index in [0.29, 0.717) is 24.6 Å². The van der Waals surface area contributed by atoms with E-state index in [1.54, 1.807) is 6.92 Å². The van der Waals surface area contributed by atoms with Crippen LogP contribution >= 0.6 is 0 Å². The van der Waals surface area contributed by atoms with Crippen LogP contribution in [0.15, 0.2) is 65.5 Å². The Kier molecular flexibility index (Phi) is 5.08. The van der Waals surface area contributed by atoms with E-state index in [4.69, 9.17) is 0 Å². The Morgan fingerprint density at radius 2 is 1.79 bits per heavy atom. The van der Waals surface area contributed by atoms with Crippen molar-refractivity contribution in [3.8, 4) is 5.69 Å². The topological polar surface area (TPSA) is 72.2 Å².